The first-order chi connectivity index (χ1) is 12.5. The lowest BCUT2D eigenvalue weighted by molar-refractivity contribution is -0.130. The number of amides is 1. The maximum Gasteiger partial charge on any atom is 0.254 e. The van der Waals surface area contributed by atoms with Crippen LogP contribution in [0.2, 0.25) is 5.02 Å². The maximum absolute atomic E-state index is 14.6. The molecule has 1 unspecified atom stereocenters. The number of nitrogens with zero attached hydrogens (tertiary/aromatic N) is 1. The Labute approximate surface area is 157 Å². The predicted molar refractivity (Wildman–Crippen MR) is 103 cm³/mol. The molecule has 2 aromatic carbocycles. The highest BCUT2D eigenvalue weighted by atomic mass is 35.5. The third-order valence-electron chi connectivity index (χ3n) is 4.59. The van der Waals surface area contributed by atoms with E-state index in [0.717, 1.165) is 11.1 Å². The molecule has 26 heavy (non-hydrogen) atoms. The van der Waals surface area contributed by atoms with Crippen LogP contribution in [0.3, 0.4) is 0 Å². The number of alkyl halides is 1. The first kappa shape index (κ1) is 18.6. The Hall–Kier alpha value is -2.17. The number of hydrogen-bond donors (Lipinski definition) is 1. The third kappa shape index (κ3) is 4.32. The zero-order valence-corrected chi connectivity index (χ0v) is 15.1. The Balaban J connectivity index is 1.96. The monoisotopic (exact) mass is 373 g/mol. The Kier molecular flexibility index (Phi) is 5.74. The number of halogens is 2. The molecule has 1 aliphatic rings. The number of likely N-dealkylation sites (tertiary alicyclic amines) is 1. The Morgan fingerprint density at radius 1 is 1.19 bits per heavy atom. The Bertz CT molecular complexity index is 791. The van der Waals surface area contributed by atoms with Crippen molar-refractivity contribution in [1.82, 2.24) is 4.90 Å². The van der Waals surface area contributed by atoms with E-state index < -0.39 is 12.3 Å². The molecule has 5 heteroatoms. The van der Waals surface area contributed by atoms with E-state index in [2.05, 4.69) is 0 Å². The van der Waals surface area contributed by atoms with Crippen LogP contribution in [0.25, 0.3) is 11.6 Å². The van der Waals surface area contributed by atoms with Crippen LogP contribution in [-0.2, 0) is 4.79 Å². The van der Waals surface area contributed by atoms with Gasteiger partial charge in [-0.1, -0.05) is 54.1 Å². The van der Waals surface area contributed by atoms with Crippen LogP contribution in [0.1, 0.15) is 24.0 Å². The van der Waals surface area contributed by atoms with Gasteiger partial charge in [-0.15, -0.1) is 0 Å². The molecule has 1 aliphatic heterocycles. The number of benzene rings is 2. The lowest BCUT2D eigenvalue weighted by Gasteiger charge is -2.36. The summed E-state index contributed by atoms with van der Waals surface area (Å²) in [5, 5.41) is 9.91. The van der Waals surface area contributed by atoms with E-state index >= 15 is 0 Å². The highest BCUT2D eigenvalue weighted by molar-refractivity contribution is 6.31. The van der Waals surface area contributed by atoms with Gasteiger partial charge in [0, 0.05) is 17.1 Å². The van der Waals surface area contributed by atoms with Gasteiger partial charge in [0.25, 0.3) is 5.91 Å². The number of piperidine rings is 1. The number of carbonyl (C=O) groups excluding carboxylic acids is 1. The fourth-order valence-electron chi connectivity index (χ4n) is 3.17. The summed E-state index contributed by atoms with van der Waals surface area (Å²) >= 11 is 5.97. The zero-order valence-electron chi connectivity index (χ0n) is 14.4. The van der Waals surface area contributed by atoms with Gasteiger partial charge in [-0.2, -0.15) is 0 Å². The molecule has 0 aromatic heterocycles. The van der Waals surface area contributed by atoms with E-state index in [4.69, 9.17) is 11.6 Å². The summed E-state index contributed by atoms with van der Waals surface area (Å²) in [6, 6.07) is 16.5. The molecular weight excluding hydrogens is 353 g/mol. The molecule has 0 spiro atoms. The average Bonchev–Trinajstić information content (AvgIpc) is 2.67. The van der Waals surface area contributed by atoms with Crippen molar-refractivity contribution in [2.24, 2.45) is 0 Å². The standard InChI is InChI=1S/C21H21ClFNO2/c22-18-9-7-17(8-10-18)19(13-16-5-2-1-3-6-16)20(26)24-12-4-11-21(23,14-24)15-25/h1-3,5-10,13,25H,4,11-12,14-15H2. The van der Waals surface area contributed by atoms with Crippen molar-refractivity contribution < 1.29 is 14.3 Å². The molecule has 0 bridgehead atoms. The molecule has 0 radical (unpaired) electrons. The minimum Gasteiger partial charge on any atom is -0.393 e. The van der Waals surface area contributed by atoms with Crippen molar-refractivity contribution in [3.63, 3.8) is 0 Å². The van der Waals surface area contributed by atoms with Gasteiger partial charge in [-0.25, -0.2) is 4.39 Å². The summed E-state index contributed by atoms with van der Waals surface area (Å²) in [5.41, 5.74) is 0.361. The van der Waals surface area contributed by atoms with Crippen molar-refractivity contribution >= 4 is 29.2 Å². The number of hydrogen-bond acceptors (Lipinski definition) is 2. The first-order valence-corrected chi connectivity index (χ1v) is 9.00. The number of carbonyl (C=O) groups is 1. The van der Waals surface area contributed by atoms with E-state index in [0.29, 0.717) is 23.6 Å². The van der Waals surface area contributed by atoms with Crippen LogP contribution in [0, 0.1) is 0 Å². The van der Waals surface area contributed by atoms with Crippen LogP contribution in [-0.4, -0.2) is 41.3 Å². The largest absolute Gasteiger partial charge is 0.393 e. The van der Waals surface area contributed by atoms with Gasteiger partial charge in [0.2, 0.25) is 0 Å². The summed E-state index contributed by atoms with van der Waals surface area (Å²) in [6.45, 7) is -0.193. The number of rotatable bonds is 4. The van der Waals surface area contributed by atoms with Crippen molar-refractivity contribution in [1.29, 1.82) is 0 Å². The molecule has 3 rings (SSSR count). The summed E-state index contributed by atoms with van der Waals surface area (Å²) in [6.07, 6.45) is 2.60. The van der Waals surface area contributed by atoms with Crippen molar-refractivity contribution in [2.75, 3.05) is 19.7 Å². The molecule has 1 N–H and O–H groups in total. The minimum atomic E-state index is -1.73. The van der Waals surface area contributed by atoms with Gasteiger partial charge < -0.3 is 10.0 Å². The van der Waals surface area contributed by atoms with Crippen molar-refractivity contribution in [3.8, 4) is 0 Å². The van der Waals surface area contributed by atoms with E-state index in [1.54, 1.807) is 30.3 Å². The van der Waals surface area contributed by atoms with Crippen LogP contribution in [0.4, 0.5) is 4.39 Å². The Morgan fingerprint density at radius 3 is 2.54 bits per heavy atom. The van der Waals surface area contributed by atoms with E-state index in [9.17, 15) is 14.3 Å². The molecule has 1 atom stereocenters. The van der Waals surface area contributed by atoms with Gasteiger partial charge in [0.15, 0.2) is 5.67 Å². The molecule has 1 amide bonds. The SMILES string of the molecule is O=C(C(=Cc1ccccc1)c1ccc(Cl)cc1)N1CCCC(F)(CO)C1. The van der Waals surface area contributed by atoms with Crippen molar-refractivity contribution in [3.05, 3.63) is 70.7 Å². The second-order valence-electron chi connectivity index (χ2n) is 6.61. The molecule has 2 aromatic rings. The lowest BCUT2D eigenvalue weighted by Crippen LogP contribution is -2.49. The topological polar surface area (TPSA) is 40.5 Å². The fraction of sp³-hybridized carbons (Fsp3) is 0.286. The Morgan fingerprint density at radius 2 is 1.88 bits per heavy atom. The number of aliphatic hydroxyl groups is 1. The molecule has 0 saturated carbocycles. The lowest BCUT2D eigenvalue weighted by atomic mass is 9.94. The zero-order chi connectivity index (χ0) is 18.6. The fourth-order valence-corrected chi connectivity index (χ4v) is 3.30. The molecule has 0 aliphatic carbocycles. The minimum absolute atomic E-state index is 0.0952. The van der Waals surface area contributed by atoms with Gasteiger partial charge >= 0.3 is 0 Å². The average molecular weight is 374 g/mol. The molecule has 1 heterocycles. The van der Waals surface area contributed by atoms with E-state index in [-0.39, 0.29) is 18.9 Å². The quantitative estimate of drug-likeness (QED) is 0.644. The normalized spacial score (nSPS) is 20.9. The predicted octanol–water partition coefficient (Wildman–Crippen LogP) is 4.20. The van der Waals surface area contributed by atoms with E-state index in [1.165, 1.54) is 4.90 Å². The van der Waals surface area contributed by atoms with Crippen molar-refractivity contribution in [2.45, 2.75) is 18.5 Å². The summed E-state index contributed by atoms with van der Waals surface area (Å²) < 4.78 is 14.6. The van der Waals surface area contributed by atoms with Crippen LogP contribution in [0.5, 0.6) is 0 Å². The van der Waals surface area contributed by atoms with Gasteiger partial charge in [0.1, 0.15) is 0 Å². The second-order valence-corrected chi connectivity index (χ2v) is 7.05. The van der Waals surface area contributed by atoms with Crippen LogP contribution >= 0.6 is 11.6 Å². The second kappa shape index (κ2) is 8.02. The summed E-state index contributed by atoms with van der Waals surface area (Å²) in [5.74, 6) is -0.244. The molecule has 3 nitrogen and oxygen atoms in total. The molecule has 1 saturated heterocycles. The van der Waals surface area contributed by atoms with Gasteiger partial charge in [-0.3, -0.25) is 4.79 Å². The smallest absolute Gasteiger partial charge is 0.254 e. The van der Waals surface area contributed by atoms with E-state index in [1.807, 2.05) is 30.3 Å². The third-order valence-corrected chi connectivity index (χ3v) is 4.85. The number of aliphatic hydroxyl groups excluding tert-OH is 1. The highest BCUT2D eigenvalue weighted by Crippen LogP contribution is 2.29. The van der Waals surface area contributed by atoms with Gasteiger partial charge in [0.05, 0.1) is 13.2 Å². The summed E-state index contributed by atoms with van der Waals surface area (Å²) in [4.78, 5) is 14.7. The van der Waals surface area contributed by atoms with Crippen LogP contribution < -0.4 is 0 Å². The van der Waals surface area contributed by atoms with Crippen LogP contribution in [0.15, 0.2) is 54.6 Å². The molecular formula is C21H21ClFNO2. The van der Waals surface area contributed by atoms with Gasteiger partial charge in [-0.05, 0) is 42.2 Å². The maximum atomic E-state index is 14.6. The highest BCUT2D eigenvalue weighted by Gasteiger charge is 2.37. The molecule has 1 fully saturated rings. The molecule has 136 valence electrons. The summed E-state index contributed by atoms with van der Waals surface area (Å²) in [7, 11) is 0. The first-order valence-electron chi connectivity index (χ1n) is 8.62.